The normalized spacial score (nSPS) is 40.2. The molecule has 0 aliphatic heterocycles. The van der Waals surface area contributed by atoms with E-state index in [0.717, 1.165) is 70.9 Å². The quantitative estimate of drug-likeness (QED) is 0.146. The first-order valence-electron chi connectivity index (χ1n) is 17.8. The lowest BCUT2D eigenvalue weighted by molar-refractivity contribution is -0.167. The first kappa shape index (κ1) is 33.6. The summed E-state index contributed by atoms with van der Waals surface area (Å²) in [6, 6.07) is 0.613. The van der Waals surface area contributed by atoms with Gasteiger partial charge in [-0.3, -0.25) is 0 Å². The number of aliphatic hydroxyl groups excluding tert-OH is 2. The summed E-state index contributed by atoms with van der Waals surface area (Å²) in [5.41, 5.74) is 6.30. The van der Waals surface area contributed by atoms with E-state index in [-0.39, 0.29) is 12.2 Å². The number of fused-ring (bicyclic) bond motifs is 5. The van der Waals surface area contributed by atoms with Crippen LogP contribution in [-0.4, -0.2) is 67.7 Å². The number of nitrogens with two attached hydrogens (primary N) is 1. The first-order chi connectivity index (χ1) is 19.6. The monoisotopic (exact) mass is 577 g/mol. The van der Waals surface area contributed by atoms with Gasteiger partial charge < -0.3 is 31.9 Å². The van der Waals surface area contributed by atoms with Gasteiger partial charge in [0, 0.05) is 19.1 Å². The number of rotatable bonds is 16. The van der Waals surface area contributed by atoms with Crippen LogP contribution in [0.1, 0.15) is 112 Å². The fourth-order valence-corrected chi connectivity index (χ4v) is 10.5. The Morgan fingerprint density at radius 1 is 0.805 bits per heavy atom. The molecular weight excluding hydrogens is 508 g/mol. The molecule has 4 saturated carbocycles. The van der Waals surface area contributed by atoms with E-state index in [1.807, 2.05) is 0 Å². The summed E-state index contributed by atoms with van der Waals surface area (Å²) in [5.74, 6) is 4.27. The zero-order valence-corrected chi connectivity index (χ0v) is 27.5. The van der Waals surface area contributed by atoms with E-state index in [1.165, 1.54) is 51.4 Å². The standard InChI is InChI=1S/C35H68N4O2/c1-24(2)31(40)11-8-25(3)28-9-10-29-33-30(13-15-35(28,29)5)34(4)14-12-27(22-26(34)23-32(33)41)39-19-7-18-38-21-20-37-17-6-16-36/h24-33,37-41H,6-23,36H2,1-5H3/t25-,26-,27+,28-,29?,30?,31-,32-,33?,34+,35-/m1/s1. The van der Waals surface area contributed by atoms with Gasteiger partial charge in [0.2, 0.25) is 0 Å². The summed E-state index contributed by atoms with van der Waals surface area (Å²) >= 11 is 0. The summed E-state index contributed by atoms with van der Waals surface area (Å²) in [6.45, 7) is 17.9. The Morgan fingerprint density at radius 3 is 2.20 bits per heavy atom. The van der Waals surface area contributed by atoms with Crippen LogP contribution in [0.15, 0.2) is 0 Å². The van der Waals surface area contributed by atoms with Crippen LogP contribution in [0.25, 0.3) is 0 Å². The summed E-state index contributed by atoms with van der Waals surface area (Å²) in [7, 11) is 0. The Hall–Kier alpha value is -0.240. The van der Waals surface area contributed by atoms with Gasteiger partial charge in [-0.2, -0.15) is 0 Å². The molecule has 0 aromatic carbocycles. The minimum atomic E-state index is -0.171. The topological polar surface area (TPSA) is 103 Å². The number of hydrogen-bond acceptors (Lipinski definition) is 6. The predicted octanol–water partition coefficient (Wildman–Crippen LogP) is 4.93. The molecule has 0 aromatic heterocycles. The Bertz CT molecular complexity index is 781. The van der Waals surface area contributed by atoms with Gasteiger partial charge >= 0.3 is 0 Å². The lowest BCUT2D eigenvalue weighted by atomic mass is 9.43. The van der Waals surface area contributed by atoms with Gasteiger partial charge in [-0.1, -0.05) is 34.6 Å². The molecule has 4 aliphatic carbocycles. The fourth-order valence-electron chi connectivity index (χ4n) is 10.5. The van der Waals surface area contributed by atoms with E-state index in [2.05, 4.69) is 50.6 Å². The first-order valence-corrected chi connectivity index (χ1v) is 17.8. The Labute approximate surface area is 253 Å². The molecule has 4 aliphatic rings. The van der Waals surface area contributed by atoms with Crippen molar-refractivity contribution in [3.8, 4) is 0 Å². The molecule has 0 saturated heterocycles. The highest BCUT2D eigenvalue weighted by molar-refractivity contribution is 5.12. The van der Waals surface area contributed by atoms with Crippen molar-refractivity contribution in [2.45, 2.75) is 130 Å². The van der Waals surface area contributed by atoms with Crippen molar-refractivity contribution in [2.24, 2.45) is 58.0 Å². The van der Waals surface area contributed by atoms with Gasteiger partial charge in [-0.05, 0) is 155 Å². The molecule has 7 N–H and O–H groups in total. The minimum absolute atomic E-state index is 0.124. The van der Waals surface area contributed by atoms with Gasteiger partial charge in [-0.15, -0.1) is 0 Å². The largest absolute Gasteiger partial charge is 0.393 e. The summed E-state index contributed by atoms with van der Waals surface area (Å²) in [4.78, 5) is 0. The molecule has 41 heavy (non-hydrogen) atoms. The maximum Gasteiger partial charge on any atom is 0.0577 e. The molecule has 3 unspecified atom stereocenters. The molecule has 0 aromatic rings. The van der Waals surface area contributed by atoms with Crippen molar-refractivity contribution < 1.29 is 10.2 Å². The van der Waals surface area contributed by atoms with Crippen molar-refractivity contribution in [3.63, 3.8) is 0 Å². The highest BCUT2D eigenvalue weighted by Crippen LogP contribution is 2.68. The lowest BCUT2D eigenvalue weighted by Crippen LogP contribution is -2.59. The molecular formula is C35H68N4O2. The third kappa shape index (κ3) is 7.71. The molecule has 0 spiro atoms. The minimum Gasteiger partial charge on any atom is -0.393 e. The summed E-state index contributed by atoms with van der Waals surface area (Å²) in [5, 5.41) is 33.1. The Morgan fingerprint density at radius 2 is 1.49 bits per heavy atom. The van der Waals surface area contributed by atoms with E-state index >= 15 is 0 Å². The summed E-state index contributed by atoms with van der Waals surface area (Å²) < 4.78 is 0. The molecule has 0 radical (unpaired) electrons. The highest BCUT2D eigenvalue weighted by Gasteiger charge is 2.62. The average molecular weight is 577 g/mol. The summed E-state index contributed by atoms with van der Waals surface area (Å²) in [6.07, 6.45) is 14.2. The van der Waals surface area contributed by atoms with E-state index in [1.54, 1.807) is 0 Å². The molecule has 11 atom stereocenters. The number of hydrogen-bond donors (Lipinski definition) is 6. The van der Waals surface area contributed by atoms with Crippen LogP contribution in [0.5, 0.6) is 0 Å². The van der Waals surface area contributed by atoms with Gasteiger partial charge in [-0.25, -0.2) is 0 Å². The number of aliphatic hydroxyl groups is 2. The van der Waals surface area contributed by atoms with E-state index in [0.29, 0.717) is 52.4 Å². The van der Waals surface area contributed by atoms with Crippen molar-refractivity contribution >= 4 is 0 Å². The fraction of sp³-hybridized carbons (Fsp3) is 1.00. The van der Waals surface area contributed by atoms with Gasteiger partial charge in [0.15, 0.2) is 0 Å². The van der Waals surface area contributed by atoms with E-state index in [9.17, 15) is 10.2 Å². The lowest BCUT2D eigenvalue weighted by Gasteiger charge is -2.62. The van der Waals surface area contributed by atoms with Crippen LogP contribution in [0.4, 0.5) is 0 Å². The van der Waals surface area contributed by atoms with Crippen molar-refractivity contribution in [3.05, 3.63) is 0 Å². The van der Waals surface area contributed by atoms with Crippen molar-refractivity contribution in [1.82, 2.24) is 16.0 Å². The van der Waals surface area contributed by atoms with Crippen LogP contribution in [-0.2, 0) is 0 Å². The van der Waals surface area contributed by atoms with E-state index < -0.39 is 0 Å². The molecule has 0 heterocycles. The van der Waals surface area contributed by atoms with Gasteiger partial charge in [0.05, 0.1) is 12.2 Å². The highest BCUT2D eigenvalue weighted by atomic mass is 16.3. The average Bonchev–Trinajstić information content (AvgIpc) is 3.30. The molecule has 6 nitrogen and oxygen atoms in total. The second kappa shape index (κ2) is 15.2. The second-order valence-corrected chi connectivity index (χ2v) is 15.8. The molecule has 0 bridgehead atoms. The maximum atomic E-state index is 11.8. The van der Waals surface area contributed by atoms with Gasteiger partial charge in [0.25, 0.3) is 0 Å². The smallest absolute Gasteiger partial charge is 0.0577 e. The van der Waals surface area contributed by atoms with Crippen molar-refractivity contribution in [2.75, 3.05) is 39.3 Å². The number of nitrogens with one attached hydrogen (secondary N) is 3. The van der Waals surface area contributed by atoms with Crippen LogP contribution in [0.2, 0.25) is 0 Å². The molecule has 240 valence electrons. The molecule has 6 heteroatoms. The Kier molecular flexibility index (Phi) is 12.4. The molecule has 4 rings (SSSR count). The van der Waals surface area contributed by atoms with Crippen LogP contribution in [0.3, 0.4) is 0 Å². The van der Waals surface area contributed by atoms with E-state index in [4.69, 9.17) is 5.73 Å². The Balaban J connectivity index is 1.25. The maximum absolute atomic E-state index is 11.8. The molecule has 4 fully saturated rings. The SMILES string of the molecule is CC(C)[C@H](O)CC[C@@H](C)[C@H]1CCC2C3C(CC[C@@]21C)[C@@]1(C)CC[C@H](NCCCNCCNCCCN)C[C@@H]1C[C@H]3O. The predicted molar refractivity (Wildman–Crippen MR) is 172 cm³/mol. The zero-order chi connectivity index (χ0) is 29.6. The third-order valence-electron chi connectivity index (χ3n) is 13.1. The molecule has 0 amide bonds. The van der Waals surface area contributed by atoms with Crippen molar-refractivity contribution in [1.29, 1.82) is 0 Å². The zero-order valence-electron chi connectivity index (χ0n) is 27.5. The van der Waals surface area contributed by atoms with Gasteiger partial charge in [0.1, 0.15) is 0 Å². The van der Waals surface area contributed by atoms with Crippen LogP contribution >= 0.6 is 0 Å². The van der Waals surface area contributed by atoms with Crippen LogP contribution in [0, 0.1) is 52.3 Å². The second-order valence-electron chi connectivity index (χ2n) is 15.8. The third-order valence-corrected chi connectivity index (χ3v) is 13.1. The van der Waals surface area contributed by atoms with Crippen LogP contribution < -0.4 is 21.7 Å².